The number of nitrogens with zero attached hydrogens (tertiary/aromatic N) is 4. The maximum absolute atomic E-state index is 11.6. The van der Waals surface area contributed by atoms with Gasteiger partial charge in [-0.1, -0.05) is 13.8 Å². The lowest BCUT2D eigenvalue weighted by Gasteiger charge is -2.13. The molecule has 0 saturated carbocycles. The summed E-state index contributed by atoms with van der Waals surface area (Å²) >= 11 is 0. The number of aromatic nitrogens is 4. The van der Waals surface area contributed by atoms with Gasteiger partial charge in [-0.25, -0.2) is 9.78 Å². The molecule has 0 bridgehead atoms. The van der Waals surface area contributed by atoms with Crippen LogP contribution in [0.25, 0.3) is 5.82 Å². The van der Waals surface area contributed by atoms with Gasteiger partial charge in [0.2, 0.25) is 0 Å². The van der Waals surface area contributed by atoms with Crippen LogP contribution < -0.4 is 0 Å². The van der Waals surface area contributed by atoms with E-state index in [-0.39, 0.29) is 5.56 Å². The maximum atomic E-state index is 11.6. The minimum Gasteiger partial charge on any atom is -0.478 e. The summed E-state index contributed by atoms with van der Waals surface area (Å²) in [7, 11) is 0. The lowest BCUT2D eigenvalue weighted by Crippen LogP contribution is -2.15. The first-order valence-corrected chi connectivity index (χ1v) is 6.22. The summed E-state index contributed by atoms with van der Waals surface area (Å²) in [6.07, 6.45) is 4.58. The first-order chi connectivity index (χ1) is 9.10. The van der Waals surface area contributed by atoms with Crippen LogP contribution in [0.3, 0.4) is 0 Å². The lowest BCUT2D eigenvalue weighted by atomic mass is 10.0. The topological polar surface area (TPSA) is 80.9 Å². The van der Waals surface area contributed by atoms with Gasteiger partial charge >= 0.3 is 5.97 Å². The number of rotatable bonds is 4. The highest BCUT2D eigenvalue weighted by Gasteiger charge is 2.22. The number of carboxylic acid groups (broad SMARTS) is 1. The van der Waals surface area contributed by atoms with Gasteiger partial charge in [0, 0.05) is 12.4 Å². The summed E-state index contributed by atoms with van der Waals surface area (Å²) in [5, 5.41) is 17.7. The first-order valence-electron chi connectivity index (χ1n) is 6.22. The molecule has 1 N–H and O–H groups in total. The van der Waals surface area contributed by atoms with Crippen LogP contribution in [0.5, 0.6) is 0 Å². The van der Waals surface area contributed by atoms with Gasteiger partial charge in [0.1, 0.15) is 11.4 Å². The SMILES string of the molecule is CCc1nnc(-n2ccnc2C)c(C(=O)O)c1CC. The van der Waals surface area contributed by atoms with Gasteiger partial charge in [0.05, 0.1) is 5.69 Å². The molecule has 0 aliphatic rings. The smallest absolute Gasteiger partial charge is 0.339 e. The average Bonchev–Trinajstić information content (AvgIpc) is 2.82. The molecule has 2 heterocycles. The summed E-state index contributed by atoms with van der Waals surface area (Å²) in [4.78, 5) is 15.7. The normalized spacial score (nSPS) is 10.7. The van der Waals surface area contributed by atoms with E-state index in [1.807, 2.05) is 13.8 Å². The number of hydrogen-bond acceptors (Lipinski definition) is 4. The fourth-order valence-corrected chi connectivity index (χ4v) is 2.16. The minimum atomic E-state index is -0.982. The Morgan fingerprint density at radius 1 is 1.32 bits per heavy atom. The molecule has 2 aromatic rings. The molecule has 0 amide bonds. The molecule has 0 aromatic carbocycles. The summed E-state index contributed by atoms with van der Waals surface area (Å²) in [6, 6.07) is 0. The molecule has 6 heteroatoms. The Bertz CT molecular complexity index is 619. The van der Waals surface area contributed by atoms with E-state index in [1.165, 1.54) is 0 Å². The van der Waals surface area contributed by atoms with E-state index in [0.717, 1.165) is 11.3 Å². The molecule has 6 nitrogen and oxygen atoms in total. The van der Waals surface area contributed by atoms with Gasteiger partial charge < -0.3 is 5.11 Å². The van der Waals surface area contributed by atoms with Crippen LogP contribution in [0.4, 0.5) is 0 Å². The molecule has 19 heavy (non-hydrogen) atoms. The fraction of sp³-hybridized carbons (Fsp3) is 0.385. The molecule has 0 fully saturated rings. The number of carbonyl (C=O) groups is 1. The molecule has 0 atom stereocenters. The molecule has 0 saturated heterocycles. The summed E-state index contributed by atoms with van der Waals surface area (Å²) in [6.45, 7) is 5.66. The quantitative estimate of drug-likeness (QED) is 0.906. The van der Waals surface area contributed by atoms with E-state index in [0.29, 0.717) is 24.5 Å². The number of imidazole rings is 1. The monoisotopic (exact) mass is 260 g/mol. The van der Waals surface area contributed by atoms with Crippen molar-refractivity contribution in [1.82, 2.24) is 19.7 Å². The predicted octanol–water partition coefficient (Wildman–Crippen LogP) is 1.79. The molecular weight excluding hydrogens is 244 g/mol. The van der Waals surface area contributed by atoms with Gasteiger partial charge in [-0.05, 0) is 25.3 Å². The third-order valence-electron chi connectivity index (χ3n) is 3.10. The van der Waals surface area contributed by atoms with Crippen LogP contribution in [0.1, 0.15) is 41.3 Å². The second kappa shape index (κ2) is 5.17. The number of aryl methyl sites for hydroxylation is 2. The molecule has 0 aliphatic carbocycles. The van der Waals surface area contributed by atoms with E-state index >= 15 is 0 Å². The average molecular weight is 260 g/mol. The molecular formula is C13H16N4O2. The Labute approximate surface area is 111 Å². The number of carboxylic acids is 1. The van der Waals surface area contributed by atoms with Crippen LogP contribution in [0, 0.1) is 6.92 Å². The second-order valence-electron chi connectivity index (χ2n) is 4.18. The van der Waals surface area contributed by atoms with Crippen molar-refractivity contribution in [3.8, 4) is 5.82 Å². The number of aromatic carboxylic acids is 1. The second-order valence-corrected chi connectivity index (χ2v) is 4.18. The van der Waals surface area contributed by atoms with Crippen molar-refractivity contribution in [2.24, 2.45) is 0 Å². The largest absolute Gasteiger partial charge is 0.478 e. The van der Waals surface area contributed by atoms with E-state index < -0.39 is 5.97 Å². The molecule has 0 unspecified atom stereocenters. The van der Waals surface area contributed by atoms with Crippen molar-refractivity contribution in [2.75, 3.05) is 0 Å². The fourth-order valence-electron chi connectivity index (χ4n) is 2.16. The Morgan fingerprint density at radius 3 is 2.53 bits per heavy atom. The first kappa shape index (κ1) is 13.2. The zero-order chi connectivity index (χ0) is 14.0. The Balaban J connectivity index is 2.75. The van der Waals surface area contributed by atoms with E-state index in [1.54, 1.807) is 23.9 Å². The summed E-state index contributed by atoms with van der Waals surface area (Å²) in [5.41, 5.74) is 1.70. The zero-order valence-corrected chi connectivity index (χ0v) is 11.2. The molecule has 0 radical (unpaired) electrons. The van der Waals surface area contributed by atoms with Gasteiger partial charge in [-0.2, -0.15) is 5.10 Å². The van der Waals surface area contributed by atoms with Gasteiger partial charge in [0.25, 0.3) is 0 Å². The summed E-state index contributed by atoms with van der Waals surface area (Å²) < 4.78 is 1.65. The predicted molar refractivity (Wildman–Crippen MR) is 69.6 cm³/mol. The Kier molecular flexibility index (Phi) is 3.59. The molecule has 0 spiro atoms. The van der Waals surface area contributed by atoms with Crippen molar-refractivity contribution in [2.45, 2.75) is 33.6 Å². The van der Waals surface area contributed by atoms with Crippen LogP contribution in [0.15, 0.2) is 12.4 Å². The van der Waals surface area contributed by atoms with Crippen LogP contribution in [-0.2, 0) is 12.8 Å². The van der Waals surface area contributed by atoms with E-state index in [4.69, 9.17) is 0 Å². The molecule has 2 rings (SSSR count). The zero-order valence-electron chi connectivity index (χ0n) is 11.2. The minimum absolute atomic E-state index is 0.218. The van der Waals surface area contributed by atoms with Crippen LogP contribution in [-0.4, -0.2) is 30.8 Å². The van der Waals surface area contributed by atoms with E-state index in [2.05, 4.69) is 15.2 Å². The van der Waals surface area contributed by atoms with Crippen LogP contribution in [0.2, 0.25) is 0 Å². The molecule has 100 valence electrons. The molecule has 0 aliphatic heterocycles. The van der Waals surface area contributed by atoms with Gasteiger partial charge in [-0.3, -0.25) is 4.57 Å². The summed E-state index contributed by atoms with van der Waals surface area (Å²) in [5.74, 6) is 0.0317. The standard InChI is InChI=1S/C13H16N4O2/c1-4-9-10(5-2)15-16-12(11(9)13(18)19)17-7-6-14-8(17)3/h6-7H,4-5H2,1-3H3,(H,18,19). The van der Waals surface area contributed by atoms with Gasteiger partial charge in [0.15, 0.2) is 5.82 Å². The highest BCUT2D eigenvalue weighted by Crippen LogP contribution is 2.21. The Hall–Kier alpha value is -2.24. The highest BCUT2D eigenvalue weighted by atomic mass is 16.4. The van der Waals surface area contributed by atoms with Crippen molar-refractivity contribution in [3.05, 3.63) is 35.0 Å². The van der Waals surface area contributed by atoms with Crippen molar-refractivity contribution < 1.29 is 9.90 Å². The lowest BCUT2D eigenvalue weighted by molar-refractivity contribution is 0.0695. The Morgan fingerprint density at radius 2 is 2.05 bits per heavy atom. The van der Waals surface area contributed by atoms with Gasteiger partial charge in [-0.15, -0.1) is 5.10 Å². The molecule has 2 aromatic heterocycles. The van der Waals surface area contributed by atoms with Crippen molar-refractivity contribution >= 4 is 5.97 Å². The van der Waals surface area contributed by atoms with Crippen LogP contribution >= 0.6 is 0 Å². The third-order valence-corrected chi connectivity index (χ3v) is 3.10. The number of hydrogen-bond donors (Lipinski definition) is 1. The highest BCUT2D eigenvalue weighted by molar-refractivity contribution is 5.93. The maximum Gasteiger partial charge on any atom is 0.339 e. The third kappa shape index (κ3) is 2.21. The van der Waals surface area contributed by atoms with E-state index in [9.17, 15) is 9.90 Å². The van der Waals surface area contributed by atoms with Crippen molar-refractivity contribution in [1.29, 1.82) is 0 Å². The van der Waals surface area contributed by atoms with Crippen molar-refractivity contribution in [3.63, 3.8) is 0 Å².